The van der Waals surface area contributed by atoms with Crippen LogP contribution < -0.4 is 0 Å². The first-order valence-corrected chi connectivity index (χ1v) is 5.08. The summed E-state index contributed by atoms with van der Waals surface area (Å²) in [5.74, 6) is 0.423. The second kappa shape index (κ2) is 5.90. The van der Waals surface area contributed by atoms with Crippen molar-refractivity contribution < 1.29 is 9.59 Å². The summed E-state index contributed by atoms with van der Waals surface area (Å²) in [6.07, 6.45) is 1.82. The monoisotopic (exact) mass is 184 g/mol. The highest BCUT2D eigenvalue weighted by Gasteiger charge is 2.18. The molecule has 2 heteroatoms. The quantitative estimate of drug-likeness (QED) is 0.636. The largest absolute Gasteiger partial charge is 0.299 e. The van der Waals surface area contributed by atoms with Gasteiger partial charge in [-0.1, -0.05) is 27.7 Å². The molecule has 0 aliphatic carbocycles. The number of carbonyl (C=O) groups is 2. The minimum absolute atomic E-state index is 0.0912. The molecule has 0 aliphatic rings. The Morgan fingerprint density at radius 2 is 1.54 bits per heavy atom. The molecule has 2 atom stereocenters. The Bertz CT molecular complexity index is 185. The van der Waals surface area contributed by atoms with Crippen LogP contribution in [0.2, 0.25) is 0 Å². The summed E-state index contributed by atoms with van der Waals surface area (Å²) < 4.78 is 0. The summed E-state index contributed by atoms with van der Waals surface area (Å²) >= 11 is 0. The van der Waals surface area contributed by atoms with E-state index >= 15 is 0 Å². The van der Waals surface area contributed by atoms with E-state index in [1.807, 2.05) is 27.7 Å². The van der Waals surface area contributed by atoms with E-state index < -0.39 is 0 Å². The minimum Gasteiger partial charge on any atom is -0.299 e. The molecule has 0 spiro atoms. The molecule has 0 N–H and O–H groups in total. The van der Waals surface area contributed by atoms with E-state index in [0.717, 1.165) is 6.42 Å². The fraction of sp³-hybridized carbons (Fsp3) is 0.818. The average molecular weight is 184 g/mol. The lowest BCUT2D eigenvalue weighted by Crippen LogP contribution is -2.18. The zero-order valence-electron chi connectivity index (χ0n) is 9.09. The number of carbonyl (C=O) groups excluding carboxylic acids is 2. The van der Waals surface area contributed by atoms with Crippen molar-refractivity contribution in [3.05, 3.63) is 0 Å². The zero-order valence-corrected chi connectivity index (χ0v) is 9.09. The fourth-order valence-electron chi connectivity index (χ4n) is 1.19. The Hall–Kier alpha value is -0.660. The third-order valence-corrected chi connectivity index (χ3v) is 2.57. The Morgan fingerprint density at radius 1 is 1.00 bits per heavy atom. The molecule has 0 fully saturated rings. The molecule has 0 aromatic heterocycles. The lowest BCUT2D eigenvalue weighted by molar-refractivity contribution is -0.129. The van der Waals surface area contributed by atoms with Crippen LogP contribution >= 0.6 is 0 Å². The molecule has 0 radical (unpaired) electrons. The van der Waals surface area contributed by atoms with Gasteiger partial charge in [0, 0.05) is 24.7 Å². The first-order chi connectivity index (χ1) is 6.02. The van der Waals surface area contributed by atoms with Crippen molar-refractivity contribution in [3.63, 3.8) is 0 Å². The van der Waals surface area contributed by atoms with E-state index in [0.29, 0.717) is 12.8 Å². The summed E-state index contributed by atoms with van der Waals surface area (Å²) in [4.78, 5) is 22.7. The predicted octanol–water partition coefficient (Wildman–Crippen LogP) is 2.61. The van der Waals surface area contributed by atoms with Gasteiger partial charge in [0.25, 0.3) is 0 Å². The van der Waals surface area contributed by atoms with Crippen LogP contribution in [0.3, 0.4) is 0 Å². The normalized spacial score (nSPS) is 15.1. The maximum absolute atomic E-state index is 11.5. The molecule has 13 heavy (non-hydrogen) atoms. The Morgan fingerprint density at radius 3 is 1.92 bits per heavy atom. The van der Waals surface area contributed by atoms with E-state index in [1.165, 1.54) is 0 Å². The topological polar surface area (TPSA) is 34.1 Å². The zero-order chi connectivity index (χ0) is 10.4. The Balaban J connectivity index is 3.98. The van der Waals surface area contributed by atoms with E-state index in [2.05, 4.69) is 0 Å². The molecule has 0 saturated heterocycles. The van der Waals surface area contributed by atoms with E-state index in [4.69, 9.17) is 0 Å². The Kier molecular flexibility index (Phi) is 5.60. The molecule has 76 valence electrons. The third-order valence-electron chi connectivity index (χ3n) is 2.57. The molecule has 0 amide bonds. The van der Waals surface area contributed by atoms with E-state index in [1.54, 1.807) is 0 Å². The van der Waals surface area contributed by atoms with Crippen LogP contribution in [0.25, 0.3) is 0 Å². The van der Waals surface area contributed by atoms with Gasteiger partial charge in [-0.05, 0) is 6.42 Å². The van der Waals surface area contributed by atoms with Gasteiger partial charge >= 0.3 is 0 Å². The fourth-order valence-corrected chi connectivity index (χ4v) is 1.19. The van der Waals surface area contributed by atoms with Crippen LogP contribution in [0.5, 0.6) is 0 Å². The second-order valence-corrected chi connectivity index (χ2v) is 3.70. The highest BCUT2D eigenvalue weighted by Crippen LogP contribution is 2.12. The first kappa shape index (κ1) is 12.3. The van der Waals surface area contributed by atoms with Crippen molar-refractivity contribution in [1.29, 1.82) is 0 Å². The summed E-state index contributed by atoms with van der Waals surface area (Å²) in [6, 6.07) is 0. The number of hydrogen-bond donors (Lipinski definition) is 0. The van der Waals surface area contributed by atoms with Crippen molar-refractivity contribution in [2.75, 3.05) is 0 Å². The van der Waals surface area contributed by atoms with Gasteiger partial charge in [0.1, 0.15) is 11.6 Å². The van der Waals surface area contributed by atoms with Gasteiger partial charge in [0.05, 0.1) is 0 Å². The molecule has 0 aliphatic heterocycles. The van der Waals surface area contributed by atoms with Gasteiger partial charge in [0.2, 0.25) is 0 Å². The molecule has 2 unspecified atom stereocenters. The molecule has 0 bridgehead atoms. The van der Waals surface area contributed by atoms with Crippen LogP contribution in [0.4, 0.5) is 0 Å². The molecule has 0 saturated carbocycles. The van der Waals surface area contributed by atoms with Gasteiger partial charge in [0.15, 0.2) is 0 Å². The maximum atomic E-state index is 11.5. The van der Waals surface area contributed by atoms with Gasteiger partial charge in [-0.15, -0.1) is 0 Å². The SMILES string of the molecule is CCC(=O)C(C)CC(=O)C(C)CC. The van der Waals surface area contributed by atoms with Gasteiger partial charge in [-0.3, -0.25) is 9.59 Å². The van der Waals surface area contributed by atoms with Crippen molar-refractivity contribution in [1.82, 2.24) is 0 Å². The molecule has 0 aromatic rings. The number of hydrogen-bond acceptors (Lipinski definition) is 2. The molecular formula is C11H20O2. The van der Waals surface area contributed by atoms with Gasteiger partial charge < -0.3 is 0 Å². The number of Topliss-reactive ketones (excluding diaryl/α,β-unsaturated/α-hetero) is 2. The standard InChI is InChI=1S/C11H20O2/c1-5-8(3)11(13)7-9(4)10(12)6-2/h8-9H,5-7H2,1-4H3. The van der Waals surface area contributed by atoms with Crippen LogP contribution in [-0.4, -0.2) is 11.6 Å². The second-order valence-electron chi connectivity index (χ2n) is 3.70. The lowest BCUT2D eigenvalue weighted by atomic mass is 9.92. The molecular weight excluding hydrogens is 164 g/mol. The highest BCUT2D eigenvalue weighted by molar-refractivity contribution is 5.88. The van der Waals surface area contributed by atoms with Crippen molar-refractivity contribution in [2.24, 2.45) is 11.8 Å². The molecule has 0 rings (SSSR count). The van der Waals surface area contributed by atoms with Crippen molar-refractivity contribution in [3.8, 4) is 0 Å². The summed E-state index contributed by atoms with van der Waals surface area (Å²) in [7, 11) is 0. The lowest BCUT2D eigenvalue weighted by Gasteiger charge is -2.11. The van der Waals surface area contributed by atoms with Crippen molar-refractivity contribution >= 4 is 11.6 Å². The summed E-state index contributed by atoms with van der Waals surface area (Å²) in [5.41, 5.74) is 0. The van der Waals surface area contributed by atoms with E-state index in [9.17, 15) is 9.59 Å². The van der Waals surface area contributed by atoms with Crippen LogP contribution in [0.15, 0.2) is 0 Å². The van der Waals surface area contributed by atoms with Gasteiger partial charge in [-0.2, -0.15) is 0 Å². The molecule has 0 heterocycles. The third kappa shape index (κ3) is 4.20. The molecule has 0 aromatic carbocycles. The van der Waals surface area contributed by atoms with Gasteiger partial charge in [-0.25, -0.2) is 0 Å². The van der Waals surface area contributed by atoms with Crippen molar-refractivity contribution in [2.45, 2.75) is 47.0 Å². The van der Waals surface area contributed by atoms with Crippen LogP contribution in [0.1, 0.15) is 47.0 Å². The smallest absolute Gasteiger partial charge is 0.136 e. The summed E-state index contributed by atoms with van der Waals surface area (Å²) in [6.45, 7) is 7.60. The Labute approximate surface area is 80.7 Å². The number of rotatable bonds is 6. The average Bonchev–Trinajstić information content (AvgIpc) is 2.14. The minimum atomic E-state index is -0.0912. The van der Waals surface area contributed by atoms with Crippen LogP contribution in [0, 0.1) is 11.8 Å². The predicted molar refractivity (Wildman–Crippen MR) is 53.5 cm³/mol. The van der Waals surface area contributed by atoms with E-state index in [-0.39, 0.29) is 23.4 Å². The first-order valence-electron chi connectivity index (χ1n) is 5.08. The number of ketones is 2. The highest BCUT2D eigenvalue weighted by atomic mass is 16.1. The van der Waals surface area contributed by atoms with Crippen LogP contribution in [-0.2, 0) is 9.59 Å². The molecule has 2 nitrogen and oxygen atoms in total. The summed E-state index contributed by atoms with van der Waals surface area (Å²) in [5, 5.41) is 0. The maximum Gasteiger partial charge on any atom is 0.136 e.